The van der Waals surface area contributed by atoms with Gasteiger partial charge >= 0.3 is 0 Å². The van der Waals surface area contributed by atoms with Gasteiger partial charge in [-0.25, -0.2) is 4.98 Å². The fourth-order valence-electron chi connectivity index (χ4n) is 2.01. The molecule has 3 aromatic rings. The largest absolute Gasteiger partial charge is 0.333 e. The van der Waals surface area contributed by atoms with Gasteiger partial charge in [0.1, 0.15) is 4.60 Å². The first-order valence-corrected chi connectivity index (χ1v) is 6.07. The summed E-state index contributed by atoms with van der Waals surface area (Å²) in [5.41, 5.74) is 3.21. The Morgan fingerprint density at radius 2 is 1.94 bits per heavy atom. The van der Waals surface area contributed by atoms with Crippen LogP contribution in [-0.2, 0) is 7.05 Å². The van der Waals surface area contributed by atoms with E-state index in [4.69, 9.17) is 0 Å². The summed E-state index contributed by atoms with van der Waals surface area (Å²) in [6, 6.07) is 10.1. The van der Waals surface area contributed by atoms with Crippen LogP contribution in [0.4, 0.5) is 0 Å². The molecule has 1 aromatic carbocycles. The van der Waals surface area contributed by atoms with E-state index in [0.717, 1.165) is 26.8 Å². The van der Waals surface area contributed by atoms with Crippen molar-refractivity contribution in [3.8, 4) is 11.3 Å². The summed E-state index contributed by atoms with van der Waals surface area (Å²) in [5.74, 6) is 0. The summed E-state index contributed by atoms with van der Waals surface area (Å²) in [5, 5.41) is 1.14. The lowest BCUT2D eigenvalue weighted by Gasteiger charge is -2.07. The van der Waals surface area contributed by atoms with Crippen molar-refractivity contribution in [2.45, 2.75) is 0 Å². The normalized spacial score (nSPS) is 10.9. The number of para-hydroxylation sites is 1. The van der Waals surface area contributed by atoms with Crippen LogP contribution in [0.2, 0.25) is 0 Å². The van der Waals surface area contributed by atoms with Crippen LogP contribution in [0.3, 0.4) is 0 Å². The fourth-order valence-corrected chi connectivity index (χ4v) is 2.59. The van der Waals surface area contributed by atoms with Gasteiger partial charge in [0.2, 0.25) is 0 Å². The Labute approximate surface area is 107 Å². The average molecular weight is 288 g/mol. The molecule has 0 atom stereocenters. The number of fused-ring (bicyclic) bond motifs is 1. The molecule has 0 aliphatic heterocycles. The molecule has 0 unspecified atom stereocenters. The lowest BCUT2D eigenvalue weighted by molar-refractivity contribution is 0.922. The van der Waals surface area contributed by atoms with E-state index in [1.54, 1.807) is 6.33 Å². The van der Waals surface area contributed by atoms with Crippen LogP contribution in [-0.4, -0.2) is 14.5 Å². The SMILES string of the molecule is Cn1cnc(Br)c1-c1ccnc2ccccc12. The van der Waals surface area contributed by atoms with E-state index in [1.165, 1.54) is 0 Å². The topological polar surface area (TPSA) is 30.7 Å². The highest BCUT2D eigenvalue weighted by Crippen LogP contribution is 2.31. The molecule has 0 spiro atoms. The molecule has 3 nitrogen and oxygen atoms in total. The fraction of sp³-hybridized carbons (Fsp3) is 0.0769. The Kier molecular flexibility index (Phi) is 2.44. The van der Waals surface area contributed by atoms with E-state index in [0.29, 0.717) is 0 Å². The number of halogens is 1. The minimum absolute atomic E-state index is 0.858. The van der Waals surface area contributed by atoms with Crippen molar-refractivity contribution in [2.75, 3.05) is 0 Å². The molecule has 2 heterocycles. The second-order valence-corrected chi connectivity index (χ2v) is 4.62. The van der Waals surface area contributed by atoms with Crippen molar-refractivity contribution in [3.05, 3.63) is 47.5 Å². The smallest absolute Gasteiger partial charge is 0.132 e. The molecule has 0 saturated carbocycles. The molecular formula is C13H10BrN3. The van der Waals surface area contributed by atoms with Crippen molar-refractivity contribution in [1.29, 1.82) is 0 Å². The summed E-state index contributed by atoms with van der Waals surface area (Å²) >= 11 is 3.49. The number of hydrogen-bond acceptors (Lipinski definition) is 2. The molecule has 17 heavy (non-hydrogen) atoms. The highest BCUT2D eigenvalue weighted by molar-refractivity contribution is 9.10. The van der Waals surface area contributed by atoms with E-state index in [2.05, 4.69) is 32.0 Å². The lowest BCUT2D eigenvalue weighted by Crippen LogP contribution is -1.92. The van der Waals surface area contributed by atoms with Crippen LogP contribution in [0.25, 0.3) is 22.2 Å². The quantitative estimate of drug-likeness (QED) is 0.687. The standard InChI is InChI=1S/C13H10BrN3/c1-17-8-16-13(14)12(17)10-6-7-15-11-5-3-2-4-9(10)11/h2-8H,1H3. The van der Waals surface area contributed by atoms with Gasteiger partial charge < -0.3 is 4.57 Å². The van der Waals surface area contributed by atoms with E-state index < -0.39 is 0 Å². The number of aromatic nitrogens is 3. The van der Waals surface area contributed by atoms with E-state index in [1.807, 2.05) is 42.1 Å². The number of imidazole rings is 1. The number of hydrogen-bond donors (Lipinski definition) is 0. The van der Waals surface area contributed by atoms with Gasteiger partial charge in [0.25, 0.3) is 0 Å². The predicted octanol–water partition coefficient (Wildman–Crippen LogP) is 3.40. The summed E-state index contributed by atoms with van der Waals surface area (Å²) in [7, 11) is 1.99. The van der Waals surface area contributed by atoms with Crippen molar-refractivity contribution in [3.63, 3.8) is 0 Å². The highest BCUT2D eigenvalue weighted by atomic mass is 79.9. The maximum Gasteiger partial charge on any atom is 0.132 e. The Bertz CT molecular complexity index is 663. The number of benzene rings is 1. The third-order valence-corrected chi connectivity index (χ3v) is 3.38. The van der Waals surface area contributed by atoms with Gasteiger partial charge in [0, 0.05) is 24.2 Å². The lowest BCUT2D eigenvalue weighted by atomic mass is 10.1. The molecule has 0 amide bonds. The first-order valence-electron chi connectivity index (χ1n) is 5.28. The van der Waals surface area contributed by atoms with Crippen LogP contribution < -0.4 is 0 Å². The first-order chi connectivity index (χ1) is 8.27. The van der Waals surface area contributed by atoms with Gasteiger partial charge in [-0.3, -0.25) is 4.98 Å². The molecule has 0 fully saturated rings. The zero-order valence-corrected chi connectivity index (χ0v) is 10.8. The number of aryl methyl sites for hydroxylation is 1. The first kappa shape index (κ1) is 10.5. The molecule has 0 radical (unpaired) electrons. The van der Waals surface area contributed by atoms with Crippen LogP contribution in [0, 0.1) is 0 Å². The second-order valence-electron chi connectivity index (χ2n) is 3.87. The summed E-state index contributed by atoms with van der Waals surface area (Å²) < 4.78 is 2.86. The summed E-state index contributed by atoms with van der Waals surface area (Å²) in [6.07, 6.45) is 3.63. The minimum Gasteiger partial charge on any atom is -0.333 e. The van der Waals surface area contributed by atoms with Gasteiger partial charge in [0.05, 0.1) is 17.5 Å². The van der Waals surface area contributed by atoms with Crippen LogP contribution in [0.1, 0.15) is 0 Å². The average Bonchev–Trinajstić information content (AvgIpc) is 2.69. The molecule has 0 aliphatic carbocycles. The van der Waals surface area contributed by atoms with E-state index in [-0.39, 0.29) is 0 Å². The van der Waals surface area contributed by atoms with Crippen molar-refractivity contribution in [2.24, 2.45) is 7.05 Å². The molecular weight excluding hydrogens is 278 g/mol. The number of nitrogens with zero attached hydrogens (tertiary/aromatic N) is 3. The predicted molar refractivity (Wildman–Crippen MR) is 71.6 cm³/mol. The van der Waals surface area contributed by atoms with Gasteiger partial charge in [-0.2, -0.15) is 0 Å². The van der Waals surface area contributed by atoms with Crippen LogP contribution in [0.15, 0.2) is 47.5 Å². The van der Waals surface area contributed by atoms with Crippen LogP contribution >= 0.6 is 15.9 Å². The van der Waals surface area contributed by atoms with Gasteiger partial charge in [0.15, 0.2) is 0 Å². The minimum atomic E-state index is 0.858. The zero-order chi connectivity index (χ0) is 11.8. The van der Waals surface area contributed by atoms with Crippen LogP contribution in [0.5, 0.6) is 0 Å². The summed E-state index contributed by atoms with van der Waals surface area (Å²) in [4.78, 5) is 8.62. The highest BCUT2D eigenvalue weighted by Gasteiger charge is 2.11. The molecule has 0 saturated heterocycles. The van der Waals surface area contributed by atoms with Gasteiger partial charge in [-0.1, -0.05) is 18.2 Å². The second kappa shape index (κ2) is 3.96. The molecule has 0 aliphatic rings. The maximum absolute atomic E-state index is 4.37. The number of pyridine rings is 1. The molecule has 4 heteroatoms. The third kappa shape index (κ3) is 1.65. The Morgan fingerprint density at radius 3 is 2.71 bits per heavy atom. The zero-order valence-electron chi connectivity index (χ0n) is 9.26. The third-order valence-electron chi connectivity index (χ3n) is 2.80. The van der Waals surface area contributed by atoms with Crippen molar-refractivity contribution in [1.82, 2.24) is 14.5 Å². The molecule has 0 bridgehead atoms. The molecule has 3 rings (SSSR count). The number of rotatable bonds is 1. The molecule has 2 aromatic heterocycles. The van der Waals surface area contributed by atoms with Gasteiger partial charge in [-0.05, 0) is 28.1 Å². The Morgan fingerprint density at radius 1 is 1.12 bits per heavy atom. The molecule has 0 N–H and O–H groups in total. The van der Waals surface area contributed by atoms with Crippen molar-refractivity contribution < 1.29 is 0 Å². The van der Waals surface area contributed by atoms with E-state index >= 15 is 0 Å². The molecule has 84 valence electrons. The monoisotopic (exact) mass is 287 g/mol. The Hall–Kier alpha value is -1.68. The maximum atomic E-state index is 4.37. The Balaban J connectivity index is 2.38. The summed E-state index contributed by atoms with van der Waals surface area (Å²) in [6.45, 7) is 0. The van der Waals surface area contributed by atoms with E-state index in [9.17, 15) is 0 Å². The van der Waals surface area contributed by atoms with Gasteiger partial charge in [-0.15, -0.1) is 0 Å². The van der Waals surface area contributed by atoms with Crippen molar-refractivity contribution >= 4 is 26.8 Å².